The first-order valence-corrected chi connectivity index (χ1v) is 7.88. The van der Waals surface area contributed by atoms with E-state index in [1.54, 1.807) is 6.07 Å². The van der Waals surface area contributed by atoms with E-state index in [1.807, 2.05) is 13.1 Å². The van der Waals surface area contributed by atoms with Crippen molar-refractivity contribution in [3.63, 3.8) is 0 Å². The summed E-state index contributed by atoms with van der Waals surface area (Å²) in [5.74, 6) is 0.924. The smallest absolute Gasteiger partial charge is 0.253 e. The Hall–Kier alpha value is -1.04. The molecular weight excluding hydrogens is 317 g/mol. The molecule has 1 atom stereocenters. The summed E-state index contributed by atoms with van der Waals surface area (Å²) in [5.41, 5.74) is 1.47. The van der Waals surface area contributed by atoms with Crippen LogP contribution in [0.4, 0.5) is 0 Å². The van der Waals surface area contributed by atoms with Gasteiger partial charge in [-0.1, -0.05) is 23.2 Å². The highest BCUT2D eigenvalue weighted by atomic mass is 35.5. The van der Waals surface area contributed by atoms with Crippen molar-refractivity contribution in [1.82, 2.24) is 14.9 Å². The summed E-state index contributed by atoms with van der Waals surface area (Å²) in [4.78, 5) is 16.6. The predicted molar refractivity (Wildman–Crippen MR) is 80.9 cm³/mol. The summed E-state index contributed by atoms with van der Waals surface area (Å²) in [6.45, 7) is 2.73. The number of aromatic nitrogens is 2. The Morgan fingerprint density at radius 3 is 3.05 bits per heavy atom. The van der Waals surface area contributed by atoms with Gasteiger partial charge >= 0.3 is 0 Å². The average Bonchev–Trinajstić information content (AvgIpc) is 2.90. The van der Waals surface area contributed by atoms with Gasteiger partial charge in [0.05, 0.1) is 15.6 Å². The lowest BCUT2D eigenvalue weighted by Crippen LogP contribution is -2.40. The van der Waals surface area contributed by atoms with Gasteiger partial charge < -0.3 is 9.88 Å². The van der Waals surface area contributed by atoms with Gasteiger partial charge in [0.15, 0.2) is 0 Å². The molecule has 0 saturated heterocycles. The Morgan fingerprint density at radius 1 is 1.55 bits per heavy atom. The first kappa shape index (κ1) is 13.9. The van der Waals surface area contributed by atoms with E-state index in [0.29, 0.717) is 14.2 Å². The molecule has 1 aliphatic heterocycles. The Labute approximate surface area is 130 Å². The Balaban J connectivity index is 1.70. The topological polar surface area (TPSA) is 46.9 Å². The number of nitrogens with zero attached hydrogens (tertiary/aromatic N) is 2. The molecule has 106 valence electrons. The fourth-order valence-corrected chi connectivity index (χ4v) is 3.92. The van der Waals surface area contributed by atoms with E-state index < -0.39 is 0 Å². The maximum absolute atomic E-state index is 12.2. The molecule has 0 saturated carbocycles. The van der Waals surface area contributed by atoms with Crippen LogP contribution in [0.1, 0.15) is 28.3 Å². The molecule has 1 amide bonds. The number of rotatable bonds is 2. The van der Waals surface area contributed by atoms with Crippen LogP contribution in [0, 0.1) is 6.92 Å². The van der Waals surface area contributed by atoms with Crippen LogP contribution < -0.4 is 5.32 Å². The van der Waals surface area contributed by atoms with Gasteiger partial charge in [-0.3, -0.25) is 4.79 Å². The lowest BCUT2D eigenvalue weighted by molar-refractivity contribution is 0.0928. The number of carbonyl (C=O) groups excluding carboxylic acids is 1. The van der Waals surface area contributed by atoms with Gasteiger partial charge in [-0.2, -0.15) is 0 Å². The number of nitrogens with one attached hydrogen (secondary N) is 1. The molecule has 1 N–H and O–H groups in total. The van der Waals surface area contributed by atoms with Gasteiger partial charge in [-0.25, -0.2) is 4.98 Å². The van der Waals surface area contributed by atoms with Crippen molar-refractivity contribution in [3.8, 4) is 0 Å². The van der Waals surface area contributed by atoms with Crippen molar-refractivity contribution in [1.29, 1.82) is 0 Å². The molecule has 0 aliphatic carbocycles. The van der Waals surface area contributed by atoms with Crippen molar-refractivity contribution in [2.24, 2.45) is 0 Å². The lowest BCUT2D eigenvalue weighted by Gasteiger charge is -2.24. The van der Waals surface area contributed by atoms with E-state index in [9.17, 15) is 4.79 Å². The van der Waals surface area contributed by atoms with Crippen LogP contribution >= 0.6 is 34.5 Å². The van der Waals surface area contributed by atoms with Crippen LogP contribution in [-0.4, -0.2) is 21.5 Å². The Bertz CT molecular complexity index is 665. The highest BCUT2D eigenvalue weighted by Crippen LogP contribution is 2.31. The molecule has 1 unspecified atom stereocenters. The van der Waals surface area contributed by atoms with E-state index in [2.05, 4.69) is 14.9 Å². The van der Waals surface area contributed by atoms with Crippen molar-refractivity contribution >= 4 is 40.4 Å². The van der Waals surface area contributed by atoms with E-state index in [4.69, 9.17) is 23.2 Å². The standard InChI is InChI=1S/C13H13Cl2N3OS/c1-7-5-18-6-8(2-3-11(18)16-7)17-13(19)9-4-10(14)20-12(9)15/h4-5,8H,2-3,6H2,1H3,(H,17,19). The highest BCUT2D eigenvalue weighted by molar-refractivity contribution is 7.20. The molecule has 2 aromatic heterocycles. The van der Waals surface area contributed by atoms with Crippen molar-refractivity contribution in [3.05, 3.63) is 38.0 Å². The number of hydrogen-bond donors (Lipinski definition) is 1. The zero-order chi connectivity index (χ0) is 14.3. The quantitative estimate of drug-likeness (QED) is 0.918. The van der Waals surface area contributed by atoms with Crippen molar-refractivity contribution < 1.29 is 4.79 Å². The number of imidazole rings is 1. The first-order chi connectivity index (χ1) is 9.52. The second-order valence-electron chi connectivity index (χ2n) is 4.90. The molecule has 3 rings (SSSR count). The van der Waals surface area contributed by atoms with Gasteiger partial charge in [0.25, 0.3) is 5.91 Å². The summed E-state index contributed by atoms with van der Waals surface area (Å²) in [6.07, 6.45) is 3.77. The summed E-state index contributed by atoms with van der Waals surface area (Å²) in [6, 6.07) is 1.71. The molecule has 0 spiro atoms. The molecule has 7 heteroatoms. The van der Waals surface area contributed by atoms with Gasteiger partial charge in [0.2, 0.25) is 0 Å². The number of amides is 1. The number of aryl methyl sites for hydroxylation is 2. The zero-order valence-corrected chi connectivity index (χ0v) is 13.1. The molecule has 0 bridgehead atoms. The fraction of sp³-hybridized carbons (Fsp3) is 0.385. The molecular formula is C13H13Cl2N3OS. The van der Waals surface area contributed by atoms with Crippen LogP contribution in [0.15, 0.2) is 12.3 Å². The van der Waals surface area contributed by atoms with Crippen molar-refractivity contribution in [2.45, 2.75) is 32.4 Å². The molecule has 0 aromatic carbocycles. The molecule has 4 nitrogen and oxygen atoms in total. The van der Waals surface area contributed by atoms with Crippen molar-refractivity contribution in [2.75, 3.05) is 0 Å². The van der Waals surface area contributed by atoms with E-state index >= 15 is 0 Å². The number of halogens is 2. The zero-order valence-electron chi connectivity index (χ0n) is 10.8. The van der Waals surface area contributed by atoms with Gasteiger partial charge in [0, 0.05) is 25.2 Å². The van der Waals surface area contributed by atoms with E-state index in [0.717, 1.165) is 30.9 Å². The summed E-state index contributed by atoms with van der Waals surface area (Å²) >= 11 is 13.1. The minimum absolute atomic E-state index is 0.0957. The predicted octanol–water partition coefficient (Wildman–Crippen LogP) is 3.30. The Morgan fingerprint density at radius 2 is 2.35 bits per heavy atom. The molecule has 20 heavy (non-hydrogen) atoms. The Kier molecular flexibility index (Phi) is 3.75. The average molecular weight is 330 g/mol. The highest BCUT2D eigenvalue weighted by Gasteiger charge is 2.23. The van der Waals surface area contributed by atoms with Gasteiger partial charge in [-0.05, 0) is 19.4 Å². The van der Waals surface area contributed by atoms with Crippen LogP contribution in [0.25, 0.3) is 0 Å². The minimum atomic E-state index is -0.163. The molecule has 0 fully saturated rings. The number of carbonyl (C=O) groups is 1. The largest absolute Gasteiger partial charge is 0.347 e. The second kappa shape index (κ2) is 5.39. The summed E-state index contributed by atoms with van der Waals surface area (Å²) in [5, 5.41) is 3.02. The minimum Gasteiger partial charge on any atom is -0.347 e. The maximum atomic E-state index is 12.2. The fourth-order valence-electron chi connectivity index (χ4n) is 2.46. The third kappa shape index (κ3) is 2.71. The van der Waals surface area contributed by atoms with Gasteiger partial charge in [-0.15, -0.1) is 11.3 Å². The summed E-state index contributed by atoms with van der Waals surface area (Å²) < 4.78 is 3.06. The van der Waals surface area contributed by atoms with E-state index in [-0.39, 0.29) is 11.9 Å². The normalized spacial score (nSPS) is 17.9. The summed E-state index contributed by atoms with van der Waals surface area (Å²) in [7, 11) is 0. The monoisotopic (exact) mass is 329 g/mol. The number of hydrogen-bond acceptors (Lipinski definition) is 3. The first-order valence-electron chi connectivity index (χ1n) is 6.31. The van der Waals surface area contributed by atoms with Crippen LogP contribution in [0.3, 0.4) is 0 Å². The van der Waals surface area contributed by atoms with Crippen LogP contribution in [0.5, 0.6) is 0 Å². The molecule has 3 heterocycles. The molecule has 1 aliphatic rings. The number of fused-ring (bicyclic) bond motifs is 1. The molecule has 0 radical (unpaired) electrons. The van der Waals surface area contributed by atoms with Crippen LogP contribution in [-0.2, 0) is 13.0 Å². The second-order valence-corrected chi connectivity index (χ2v) is 7.18. The molecule has 2 aromatic rings. The third-order valence-electron chi connectivity index (χ3n) is 3.35. The SMILES string of the molecule is Cc1cn2c(n1)CCC(NC(=O)c1cc(Cl)sc1Cl)C2. The third-order valence-corrected chi connectivity index (χ3v) is 4.84. The number of thiophene rings is 1. The lowest BCUT2D eigenvalue weighted by atomic mass is 10.1. The van der Waals surface area contributed by atoms with Crippen LogP contribution in [0.2, 0.25) is 8.67 Å². The van der Waals surface area contributed by atoms with Gasteiger partial charge in [0.1, 0.15) is 10.2 Å². The van der Waals surface area contributed by atoms with E-state index in [1.165, 1.54) is 11.3 Å². The maximum Gasteiger partial charge on any atom is 0.253 e.